The van der Waals surface area contributed by atoms with Crippen LogP contribution >= 0.6 is 11.6 Å². The van der Waals surface area contributed by atoms with Crippen LogP contribution in [0.3, 0.4) is 0 Å². The van der Waals surface area contributed by atoms with Crippen molar-refractivity contribution in [2.24, 2.45) is 0 Å². The fraction of sp³-hybridized carbons (Fsp3) is 0.0769. The maximum atomic E-state index is 11.6. The molecule has 84 valence electrons. The van der Waals surface area contributed by atoms with Gasteiger partial charge in [-0.15, -0.1) is 0 Å². The molecule has 1 N–H and O–H groups in total. The van der Waals surface area contributed by atoms with Gasteiger partial charge in [-0.2, -0.15) is 0 Å². The van der Waals surface area contributed by atoms with E-state index in [4.69, 9.17) is 11.6 Å². The van der Waals surface area contributed by atoms with E-state index in [0.29, 0.717) is 17.1 Å². The van der Waals surface area contributed by atoms with Crippen molar-refractivity contribution in [3.63, 3.8) is 0 Å². The second-order valence-electron chi connectivity index (χ2n) is 3.91. The Kier molecular flexibility index (Phi) is 2.34. The van der Waals surface area contributed by atoms with Crippen molar-refractivity contribution in [2.45, 2.75) is 6.54 Å². The number of benzene rings is 1. The highest BCUT2D eigenvalue weighted by atomic mass is 35.5. The standard InChI is InChI=1S/C13H9ClN2O/c14-12-4-9-7-16-13(17)11(9)5-10(12)8-2-1-3-15-6-8/h1-6H,7H2,(H,16,17). The fourth-order valence-electron chi connectivity index (χ4n) is 1.99. The minimum Gasteiger partial charge on any atom is -0.348 e. The third-order valence-corrected chi connectivity index (χ3v) is 3.16. The molecule has 1 aliphatic rings. The molecule has 0 aliphatic carbocycles. The number of aromatic nitrogens is 1. The van der Waals surface area contributed by atoms with E-state index >= 15 is 0 Å². The average molecular weight is 245 g/mol. The van der Waals surface area contributed by atoms with Gasteiger partial charge in [0.1, 0.15) is 0 Å². The van der Waals surface area contributed by atoms with Crippen LogP contribution in [0.4, 0.5) is 0 Å². The van der Waals surface area contributed by atoms with Crippen molar-refractivity contribution >= 4 is 17.5 Å². The van der Waals surface area contributed by atoms with Gasteiger partial charge in [0.15, 0.2) is 0 Å². The van der Waals surface area contributed by atoms with Crippen LogP contribution in [-0.4, -0.2) is 10.9 Å². The average Bonchev–Trinajstić information content (AvgIpc) is 2.70. The van der Waals surface area contributed by atoms with Crippen LogP contribution in [0.5, 0.6) is 0 Å². The molecular formula is C13H9ClN2O. The number of pyridine rings is 1. The molecule has 0 atom stereocenters. The van der Waals surface area contributed by atoms with Crippen molar-refractivity contribution in [3.8, 4) is 11.1 Å². The van der Waals surface area contributed by atoms with E-state index in [9.17, 15) is 4.79 Å². The molecule has 0 spiro atoms. The predicted molar refractivity (Wildman–Crippen MR) is 65.9 cm³/mol. The first-order valence-corrected chi connectivity index (χ1v) is 5.64. The molecule has 0 saturated heterocycles. The van der Waals surface area contributed by atoms with Crippen LogP contribution in [0.2, 0.25) is 5.02 Å². The Balaban J connectivity index is 2.19. The van der Waals surface area contributed by atoms with Gasteiger partial charge in [-0.25, -0.2) is 0 Å². The molecule has 0 saturated carbocycles. The molecular weight excluding hydrogens is 236 g/mol. The Bertz CT molecular complexity index is 596. The van der Waals surface area contributed by atoms with Gasteiger partial charge in [0, 0.05) is 40.7 Å². The number of halogens is 1. The number of amides is 1. The van der Waals surface area contributed by atoms with E-state index in [0.717, 1.165) is 16.7 Å². The van der Waals surface area contributed by atoms with E-state index in [2.05, 4.69) is 10.3 Å². The minimum atomic E-state index is -0.0400. The molecule has 0 bridgehead atoms. The molecule has 0 unspecified atom stereocenters. The number of hydrogen-bond acceptors (Lipinski definition) is 2. The van der Waals surface area contributed by atoms with E-state index in [1.165, 1.54) is 0 Å². The van der Waals surface area contributed by atoms with E-state index in [1.54, 1.807) is 12.4 Å². The van der Waals surface area contributed by atoms with Gasteiger partial charge in [0.05, 0.1) is 0 Å². The van der Waals surface area contributed by atoms with Crippen molar-refractivity contribution in [1.29, 1.82) is 0 Å². The highest BCUT2D eigenvalue weighted by molar-refractivity contribution is 6.33. The van der Waals surface area contributed by atoms with Gasteiger partial charge < -0.3 is 5.32 Å². The summed E-state index contributed by atoms with van der Waals surface area (Å²) in [6.07, 6.45) is 3.44. The van der Waals surface area contributed by atoms with Crippen LogP contribution in [0.25, 0.3) is 11.1 Å². The van der Waals surface area contributed by atoms with Gasteiger partial charge in [-0.1, -0.05) is 17.7 Å². The lowest BCUT2D eigenvalue weighted by Crippen LogP contribution is -2.12. The third-order valence-electron chi connectivity index (χ3n) is 2.85. The summed E-state index contributed by atoms with van der Waals surface area (Å²) in [6, 6.07) is 7.44. The Hall–Kier alpha value is -1.87. The van der Waals surface area contributed by atoms with Gasteiger partial charge >= 0.3 is 0 Å². The topological polar surface area (TPSA) is 42.0 Å². The van der Waals surface area contributed by atoms with Crippen LogP contribution in [-0.2, 0) is 6.54 Å². The summed E-state index contributed by atoms with van der Waals surface area (Å²) in [5.41, 5.74) is 3.41. The monoisotopic (exact) mass is 244 g/mol. The SMILES string of the molecule is O=C1NCc2cc(Cl)c(-c3cccnc3)cc21. The minimum absolute atomic E-state index is 0.0400. The molecule has 3 nitrogen and oxygen atoms in total. The highest BCUT2D eigenvalue weighted by Crippen LogP contribution is 2.31. The van der Waals surface area contributed by atoms with Crippen molar-refractivity contribution in [2.75, 3.05) is 0 Å². The van der Waals surface area contributed by atoms with E-state index in [1.807, 2.05) is 24.3 Å². The fourth-order valence-corrected chi connectivity index (χ4v) is 2.28. The first-order valence-electron chi connectivity index (χ1n) is 5.27. The normalized spacial score (nSPS) is 13.4. The zero-order valence-electron chi connectivity index (χ0n) is 8.90. The lowest BCUT2D eigenvalue weighted by atomic mass is 10.0. The van der Waals surface area contributed by atoms with Gasteiger partial charge in [-0.3, -0.25) is 9.78 Å². The number of carbonyl (C=O) groups is 1. The maximum absolute atomic E-state index is 11.6. The lowest BCUT2D eigenvalue weighted by molar-refractivity contribution is 0.0966. The summed E-state index contributed by atoms with van der Waals surface area (Å²) in [4.78, 5) is 15.6. The van der Waals surface area contributed by atoms with Gasteiger partial charge in [0.25, 0.3) is 5.91 Å². The van der Waals surface area contributed by atoms with Crippen LogP contribution in [0, 0.1) is 0 Å². The number of nitrogens with one attached hydrogen (secondary N) is 1. The molecule has 4 heteroatoms. The quantitative estimate of drug-likeness (QED) is 0.838. The Morgan fingerprint density at radius 2 is 2.18 bits per heavy atom. The van der Waals surface area contributed by atoms with Gasteiger partial charge in [-0.05, 0) is 23.8 Å². The van der Waals surface area contributed by atoms with Crippen LogP contribution in [0.1, 0.15) is 15.9 Å². The summed E-state index contributed by atoms with van der Waals surface area (Å²) < 4.78 is 0. The lowest BCUT2D eigenvalue weighted by Gasteiger charge is -2.06. The first-order chi connectivity index (χ1) is 8.25. The molecule has 2 aromatic rings. The van der Waals surface area contributed by atoms with Crippen molar-refractivity contribution in [1.82, 2.24) is 10.3 Å². The largest absolute Gasteiger partial charge is 0.348 e. The summed E-state index contributed by atoms with van der Waals surface area (Å²) in [5.74, 6) is -0.0400. The maximum Gasteiger partial charge on any atom is 0.251 e. The smallest absolute Gasteiger partial charge is 0.251 e. The summed E-state index contributed by atoms with van der Waals surface area (Å²) in [7, 11) is 0. The molecule has 1 aliphatic heterocycles. The second kappa shape index (κ2) is 3.86. The predicted octanol–water partition coefficient (Wildman–Crippen LogP) is 2.65. The van der Waals surface area contributed by atoms with Crippen molar-refractivity contribution in [3.05, 3.63) is 52.8 Å². The Labute approximate surface area is 103 Å². The molecule has 0 radical (unpaired) electrons. The Morgan fingerprint density at radius 3 is 2.94 bits per heavy atom. The summed E-state index contributed by atoms with van der Waals surface area (Å²) in [6.45, 7) is 0.557. The number of fused-ring (bicyclic) bond motifs is 1. The first kappa shape index (κ1) is 10.3. The van der Waals surface area contributed by atoms with Crippen molar-refractivity contribution < 1.29 is 4.79 Å². The number of carbonyl (C=O) groups excluding carboxylic acids is 1. The number of hydrogen-bond donors (Lipinski definition) is 1. The molecule has 1 amide bonds. The van der Waals surface area contributed by atoms with E-state index in [-0.39, 0.29) is 5.91 Å². The zero-order valence-corrected chi connectivity index (χ0v) is 9.66. The molecule has 1 aromatic heterocycles. The summed E-state index contributed by atoms with van der Waals surface area (Å²) >= 11 is 6.22. The molecule has 1 aromatic carbocycles. The number of rotatable bonds is 1. The number of nitrogens with zero attached hydrogens (tertiary/aromatic N) is 1. The van der Waals surface area contributed by atoms with E-state index < -0.39 is 0 Å². The van der Waals surface area contributed by atoms with Gasteiger partial charge in [0.2, 0.25) is 0 Å². The second-order valence-corrected chi connectivity index (χ2v) is 4.32. The molecule has 2 heterocycles. The zero-order chi connectivity index (χ0) is 11.8. The third kappa shape index (κ3) is 1.68. The van der Waals surface area contributed by atoms with Crippen LogP contribution < -0.4 is 5.32 Å². The highest BCUT2D eigenvalue weighted by Gasteiger charge is 2.21. The summed E-state index contributed by atoms with van der Waals surface area (Å²) in [5, 5.41) is 3.42. The molecule has 0 fully saturated rings. The van der Waals surface area contributed by atoms with Crippen LogP contribution in [0.15, 0.2) is 36.7 Å². The Morgan fingerprint density at radius 1 is 1.29 bits per heavy atom. The molecule has 17 heavy (non-hydrogen) atoms. The molecule has 3 rings (SSSR count).